The van der Waals surface area contributed by atoms with Crippen molar-refractivity contribution in [2.75, 3.05) is 57.2 Å². The van der Waals surface area contributed by atoms with E-state index in [9.17, 15) is 4.79 Å². The third kappa shape index (κ3) is 6.30. The fourth-order valence-corrected chi connectivity index (χ4v) is 6.03. The summed E-state index contributed by atoms with van der Waals surface area (Å²) in [6, 6.07) is 12.2. The summed E-state index contributed by atoms with van der Waals surface area (Å²) >= 11 is 3.33. The Bertz CT molecular complexity index is 1060. The average molecular weight is 500 g/mol. The van der Waals surface area contributed by atoms with Gasteiger partial charge in [-0.2, -0.15) is 0 Å². The van der Waals surface area contributed by atoms with E-state index in [2.05, 4.69) is 30.9 Å². The summed E-state index contributed by atoms with van der Waals surface area (Å²) in [6.07, 6.45) is 1.40. The van der Waals surface area contributed by atoms with Crippen molar-refractivity contribution >= 4 is 44.4 Å². The zero-order valence-electron chi connectivity index (χ0n) is 20.2. The average Bonchev–Trinajstić information content (AvgIpc) is 3.32. The number of morpholine rings is 1. The van der Waals surface area contributed by atoms with Gasteiger partial charge in [0, 0.05) is 43.2 Å². The number of carbonyl (C=O) groups excluding carboxylic acids is 1. The van der Waals surface area contributed by atoms with E-state index in [1.807, 2.05) is 29.2 Å². The lowest BCUT2D eigenvalue weighted by Crippen LogP contribution is -2.39. The van der Waals surface area contributed by atoms with Crippen LogP contribution in [0.15, 0.2) is 41.3 Å². The molecular formula is C26H33N3O3S2. The van der Waals surface area contributed by atoms with Crippen molar-refractivity contribution in [2.45, 2.75) is 31.6 Å². The number of fused-ring (bicyclic) bond motifs is 1. The predicted molar refractivity (Wildman–Crippen MR) is 142 cm³/mol. The summed E-state index contributed by atoms with van der Waals surface area (Å²) in [7, 11) is 1.67. The topological polar surface area (TPSA) is 54.9 Å². The summed E-state index contributed by atoms with van der Waals surface area (Å²) in [4.78, 5) is 23.8. The van der Waals surface area contributed by atoms with E-state index in [0.29, 0.717) is 13.0 Å². The Morgan fingerprint density at radius 3 is 2.59 bits per heavy atom. The number of carbonyl (C=O) groups is 1. The fourth-order valence-electron chi connectivity index (χ4n) is 4.03. The monoisotopic (exact) mass is 499 g/mol. The quantitative estimate of drug-likeness (QED) is 0.359. The predicted octanol–water partition coefficient (Wildman–Crippen LogP) is 5.16. The Morgan fingerprint density at radius 2 is 1.88 bits per heavy atom. The van der Waals surface area contributed by atoms with Gasteiger partial charge in [0.1, 0.15) is 5.75 Å². The lowest BCUT2D eigenvalue weighted by Gasteiger charge is -2.27. The minimum atomic E-state index is 0.136. The van der Waals surface area contributed by atoms with E-state index < -0.39 is 0 Å². The number of aryl methyl sites for hydroxylation is 2. The lowest BCUT2D eigenvalue weighted by molar-refractivity contribution is -0.118. The van der Waals surface area contributed by atoms with Crippen molar-refractivity contribution in [3.63, 3.8) is 0 Å². The largest absolute Gasteiger partial charge is 0.497 e. The van der Waals surface area contributed by atoms with Crippen LogP contribution in [0.3, 0.4) is 0 Å². The Labute approximate surface area is 210 Å². The molecule has 4 rings (SSSR count). The maximum Gasteiger partial charge on any atom is 0.229 e. The van der Waals surface area contributed by atoms with Gasteiger partial charge in [-0.15, -0.1) is 11.8 Å². The molecule has 2 aromatic carbocycles. The molecule has 1 amide bonds. The second-order valence-electron chi connectivity index (χ2n) is 8.50. The number of hydrogen-bond donors (Lipinski definition) is 0. The third-order valence-corrected chi connectivity index (χ3v) is 8.29. The molecule has 0 radical (unpaired) electrons. The first-order valence-corrected chi connectivity index (χ1v) is 13.6. The molecule has 1 aliphatic heterocycles. The maximum absolute atomic E-state index is 13.4. The van der Waals surface area contributed by atoms with Gasteiger partial charge in [-0.1, -0.05) is 23.5 Å². The summed E-state index contributed by atoms with van der Waals surface area (Å²) in [6.45, 7) is 9.36. The molecule has 1 saturated heterocycles. The molecule has 0 aliphatic carbocycles. The minimum Gasteiger partial charge on any atom is -0.497 e. The van der Waals surface area contributed by atoms with Crippen LogP contribution in [0.1, 0.15) is 24.0 Å². The molecule has 0 atom stereocenters. The highest BCUT2D eigenvalue weighted by atomic mass is 32.2. The number of anilines is 1. The summed E-state index contributed by atoms with van der Waals surface area (Å²) < 4.78 is 11.9. The Morgan fingerprint density at radius 1 is 1.15 bits per heavy atom. The van der Waals surface area contributed by atoms with Crippen molar-refractivity contribution in [3.05, 3.63) is 47.5 Å². The molecule has 1 aliphatic rings. The number of thiazole rings is 1. The molecule has 6 nitrogen and oxygen atoms in total. The van der Waals surface area contributed by atoms with E-state index in [4.69, 9.17) is 14.5 Å². The molecular weight excluding hydrogens is 466 g/mol. The Hall–Kier alpha value is -2.13. The van der Waals surface area contributed by atoms with Crippen LogP contribution in [0.25, 0.3) is 10.2 Å². The molecule has 2 heterocycles. The van der Waals surface area contributed by atoms with E-state index in [-0.39, 0.29) is 5.91 Å². The van der Waals surface area contributed by atoms with E-state index in [1.165, 1.54) is 10.3 Å². The highest BCUT2D eigenvalue weighted by molar-refractivity contribution is 7.99. The first-order chi connectivity index (χ1) is 16.5. The smallest absolute Gasteiger partial charge is 0.229 e. The van der Waals surface area contributed by atoms with Crippen LogP contribution in [0.4, 0.5) is 5.13 Å². The van der Waals surface area contributed by atoms with E-state index >= 15 is 0 Å². The molecule has 8 heteroatoms. The van der Waals surface area contributed by atoms with Gasteiger partial charge < -0.3 is 9.47 Å². The molecule has 34 heavy (non-hydrogen) atoms. The zero-order valence-corrected chi connectivity index (χ0v) is 21.8. The molecule has 0 spiro atoms. The molecule has 3 aromatic rings. The van der Waals surface area contributed by atoms with E-state index in [1.54, 1.807) is 30.2 Å². The molecule has 0 bridgehead atoms. The highest BCUT2D eigenvalue weighted by Gasteiger charge is 2.21. The van der Waals surface area contributed by atoms with Crippen molar-refractivity contribution < 1.29 is 14.3 Å². The van der Waals surface area contributed by atoms with E-state index in [0.717, 1.165) is 71.9 Å². The number of rotatable bonds is 10. The van der Waals surface area contributed by atoms with Crippen molar-refractivity contribution in [3.8, 4) is 5.75 Å². The van der Waals surface area contributed by atoms with Crippen LogP contribution in [0.5, 0.6) is 5.75 Å². The standard InChI is InChI=1S/C26H33N3O3S2/c1-19-5-6-20(2)25-24(19)27-26(34-25)29(13-4-12-28-14-16-32-17-15-28)23(30)11-18-33-22-9-7-21(31-3)8-10-22/h5-10H,4,11-18H2,1-3H3. The van der Waals surface area contributed by atoms with Gasteiger partial charge in [-0.05, 0) is 55.7 Å². The molecule has 1 aromatic heterocycles. The first-order valence-electron chi connectivity index (χ1n) is 11.8. The number of ether oxygens (including phenoxy) is 2. The van der Waals surface area contributed by atoms with Gasteiger partial charge in [0.15, 0.2) is 5.13 Å². The summed E-state index contributed by atoms with van der Waals surface area (Å²) in [5.41, 5.74) is 3.37. The number of aromatic nitrogens is 1. The van der Waals surface area contributed by atoms with Crippen LogP contribution in [0.2, 0.25) is 0 Å². The number of benzene rings is 2. The van der Waals surface area contributed by atoms with Gasteiger partial charge >= 0.3 is 0 Å². The third-order valence-electron chi connectivity index (χ3n) is 6.07. The number of methoxy groups -OCH3 is 1. The molecule has 1 fully saturated rings. The SMILES string of the molecule is COc1ccc(SCCC(=O)N(CCCN2CCOCC2)c2nc3c(C)ccc(C)c3s2)cc1. The maximum atomic E-state index is 13.4. The molecule has 0 unspecified atom stereocenters. The number of thioether (sulfide) groups is 1. The normalized spacial score (nSPS) is 14.4. The van der Waals surface area contributed by atoms with Gasteiger partial charge in [0.05, 0.1) is 30.5 Å². The summed E-state index contributed by atoms with van der Waals surface area (Å²) in [5, 5.41) is 0.814. The van der Waals surface area contributed by atoms with Crippen LogP contribution < -0.4 is 9.64 Å². The second-order valence-corrected chi connectivity index (χ2v) is 10.6. The summed E-state index contributed by atoms with van der Waals surface area (Å²) in [5.74, 6) is 1.71. The Kier molecular flexibility index (Phi) is 8.83. The van der Waals surface area contributed by atoms with Crippen molar-refractivity contribution in [1.82, 2.24) is 9.88 Å². The molecule has 0 N–H and O–H groups in total. The number of hydrogen-bond acceptors (Lipinski definition) is 7. The molecule has 182 valence electrons. The number of nitrogens with zero attached hydrogens (tertiary/aromatic N) is 3. The zero-order chi connectivity index (χ0) is 23.9. The van der Waals surface area contributed by atoms with Crippen LogP contribution in [0, 0.1) is 13.8 Å². The van der Waals surface area contributed by atoms with Gasteiger partial charge in [0.25, 0.3) is 0 Å². The minimum absolute atomic E-state index is 0.136. The fraction of sp³-hybridized carbons (Fsp3) is 0.462. The van der Waals surface area contributed by atoms with Gasteiger partial charge in [-0.25, -0.2) is 4.98 Å². The van der Waals surface area contributed by atoms with Crippen LogP contribution in [-0.4, -0.2) is 68.0 Å². The lowest BCUT2D eigenvalue weighted by atomic mass is 10.1. The van der Waals surface area contributed by atoms with Crippen molar-refractivity contribution in [1.29, 1.82) is 0 Å². The van der Waals surface area contributed by atoms with Gasteiger partial charge in [0.2, 0.25) is 5.91 Å². The first kappa shape index (κ1) is 25.0. The van der Waals surface area contributed by atoms with Crippen LogP contribution in [-0.2, 0) is 9.53 Å². The Balaban J connectivity index is 1.44. The highest BCUT2D eigenvalue weighted by Crippen LogP contribution is 2.33. The van der Waals surface area contributed by atoms with Gasteiger partial charge in [-0.3, -0.25) is 14.6 Å². The molecule has 0 saturated carbocycles. The van der Waals surface area contributed by atoms with Crippen LogP contribution >= 0.6 is 23.1 Å². The van der Waals surface area contributed by atoms with Crippen molar-refractivity contribution in [2.24, 2.45) is 0 Å². The second kappa shape index (κ2) is 12.0. The number of amides is 1.